The molecule has 20 heavy (non-hydrogen) atoms. The Bertz CT molecular complexity index is 553. The van der Waals surface area contributed by atoms with Gasteiger partial charge in [0, 0.05) is 19.6 Å². The largest absolute Gasteiger partial charge is 0.355 e. The van der Waals surface area contributed by atoms with E-state index < -0.39 is 10.0 Å². The quantitative estimate of drug-likeness (QED) is 0.798. The zero-order valence-electron chi connectivity index (χ0n) is 12.0. The average molecular weight is 299 g/mol. The number of nitrogens with one attached hydrogen (secondary N) is 1. The second-order valence-corrected chi connectivity index (χ2v) is 6.62. The molecule has 0 aliphatic heterocycles. The minimum Gasteiger partial charge on any atom is -0.355 e. The first-order valence-electron chi connectivity index (χ1n) is 6.37. The molecule has 6 nitrogen and oxygen atoms in total. The molecule has 0 heterocycles. The van der Waals surface area contributed by atoms with Gasteiger partial charge in [0.25, 0.3) is 0 Å². The Kier molecular flexibility index (Phi) is 5.67. The molecule has 0 bridgehead atoms. The maximum Gasteiger partial charge on any atom is 0.243 e. The van der Waals surface area contributed by atoms with Gasteiger partial charge in [-0.2, -0.15) is 4.31 Å². The van der Waals surface area contributed by atoms with Crippen molar-refractivity contribution in [3.63, 3.8) is 0 Å². The predicted molar refractivity (Wildman–Crippen MR) is 77.5 cm³/mol. The molecule has 0 saturated carbocycles. The zero-order valence-corrected chi connectivity index (χ0v) is 12.8. The lowest BCUT2D eigenvalue weighted by Crippen LogP contribution is -2.38. The molecule has 1 amide bonds. The first-order chi connectivity index (χ1) is 9.28. The van der Waals surface area contributed by atoms with E-state index in [2.05, 4.69) is 5.32 Å². The molecule has 0 aliphatic carbocycles. The van der Waals surface area contributed by atoms with Gasteiger partial charge in [-0.1, -0.05) is 12.1 Å². The molecule has 1 atom stereocenters. The summed E-state index contributed by atoms with van der Waals surface area (Å²) in [5.41, 5.74) is 6.58. The molecule has 0 saturated heterocycles. The van der Waals surface area contributed by atoms with Crippen LogP contribution in [0.25, 0.3) is 0 Å². The van der Waals surface area contributed by atoms with Gasteiger partial charge in [0.1, 0.15) is 0 Å². The zero-order chi connectivity index (χ0) is 15.3. The maximum absolute atomic E-state index is 12.3. The van der Waals surface area contributed by atoms with Crippen LogP contribution in [0.15, 0.2) is 29.2 Å². The van der Waals surface area contributed by atoms with Gasteiger partial charge in [-0.15, -0.1) is 0 Å². The number of carbonyl (C=O) groups excluding carboxylic acids is 1. The lowest BCUT2D eigenvalue weighted by Gasteiger charge is -2.17. The fraction of sp³-hybridized carbons (Fsp3) is 0.462. The van der Waals surface area contributed by atoms with Crippen LogP contribution in [-0.4, -0.2) is 38.8 Å². The number of likely N-dealkylation sites (N-methyl/N-ethyl adjacent to an activating group) is 2. The van der Waals surface area contributed by atoms with Crippen molar-refractivity contribution in [1.82, 2.24) is 9.62 Å². The van der Waals surface area contributed by atoms with Crippen LogP contribution < -0.4 is 11.1 Å². The fourth-order valence-electron chi connectivity index (χ4n) is 1.66. The molecule has 7 heteroatoms. The van der Waals surface area contributed by atoms with Gasteiger partial charge in [-0.3, -0.25) is 4.79 Å². The molecule has 3 N–H and O–H groups in total. The van der Waals surface area contributed by atoms with Crippen LogP contribution in [0.2, 0.25) is 0 Å². The number of sulfonamides is 1. The Morgan fingerprint density at radius 2 is 1.90 bits per heavy atom. The van der Waals surface area contributed by atoms with Crippen molar-refractivity contribution < 1.29 is 13.2 Å². The number of rotatable bonds is 6. The van der Waals surface area contributed by atoms with E-state index in [-0.39, 0.29) is 23.4 Å². The number of carbonyl (C=O) groups is 1. The van der Waals surface area contributed by atoms with Crippen LogP contribution in [0, 0.1) is 0 Å². The molecule has 0 fully saturated rings. The third kappa shape index (κ3) is 4.03. The van der Waals surface area contributed by atoms with E-state index in [1.165, 1.54) is 19.2 Å². The van der Waals surface area contributed by atoms with Crippen molar-refractivity contribution in [2.45, 2.75) is 24.8 Å². The molecule has 112 valence electrons. The van der Waals surface area contributed by atoms with Gasteiger partial charge in [0.2, 0.25) is 15.9 Å². The van der Waals surface area contributed by atoms with E-state index in [4.69, 9.17) is 5.73 Å². The normalized spacial score (nSPS) is 13.2. The first kappa shape index (κ1) is 16.6. The van der Waals surface area contributed by atoms with Crippen molar-refractivity contribution in [2.24, 2.45) is 5.73 Å². The minimum absolute atomic E-state index is 0.147. The van der Waals surface area contributed by atoms with Crippen LogP contribution in [-0.2, 0) is 14.8 Å². The number of benzene rings is 1. The number of nitrogens with two attached hydrogens (primary N) is 1. The van der Waals surface area contributed by atoms with Crippen LogP contribution in [0.3, 0.4) is 0 Å². The highest BCUT2D eigenvalue weighted by molar-refractivity contribution is 7.89. The molecular formula is C13H21N3O3S. The van der Waals surface area contributed by atoms with Crippen LogP contribution in [0.4, 0.5) is 0 Å². The van der Waals surface area contributed by atoms with Gasteiger partial charge in [-0.25, -0.2) is 8.42 Å². The Morgan fingerprint density at radius 3 is 2.35 bits per heavy atom. The van der Waals surface area contributed by atoms with Crippen molar-refractivity contribution in [2.75, 3.05) is 20.1 Å². The Balaban J connectivity index is 2.89. The highest BCUT2D eigenvalue weighted by atomic mass is 32.2. The van der Waals surface area contributed by atoms with Crippen LogP contribution >= 0.6 is 0 Å². The van der Waals surface area contributed by atoms with Crippen molar-refractivity contribution in [3.05, 3.63) is 29.8 Å². The number of nitrogens with zero attached hydrogens (tertiary/aromatic N) is 1. The standard InChI is InChI=1S/C13H21N3O3S/c1-4-15-13(17)9-16(3)20(18,19)12-7-5-11(6-8-12)10(2)14/h5-8,10H,4,9,14H2,1-3H3,(H,15,17). The summed E-state index contributed by atoms with van der Waals surface area (Å²) in [6.07, 6.45) is 0. The Labute approximate surface area is 120 Å². The van der Waals surface area contributed by atoms with Crippen molar-refractivity contribution in [3.8, 4) is 0 Å². The second kappa shape index (κ2) is 6.83. The van der Waals surface area contributed by atoms with E-state index in [9.17, 15) is 13.2 Å². The summed E-state index contributed by atoms with van der Waals surface area (Å²) in [5, 5.41) is 2.56. The fourth-order valence-corrected chi connectivity index (χ4v) is 2.79. The Hall–Kier alpha value is -1.44. The minimum atomic E-state index is -3.66. The first-order valence-corrected chi connectivity index (χ1v) is 7.81. The summed E-state index contributed by atoms with van der Waals surface area (Å²) in [6.45, 7) is 3.87. The van der Waals surface area contributed by atoms with Crippen molar-refractivity contribution >= 4 is 15.9 Å². The van der Waals surface area contributed by atoms with Gasteiger partial charge in [-0.05, 0) is 31.5 Å². The van der Waals surface area contributed by atoms with E-state index in [1.54, 1.807) is 19.1 Å². The summed E-state index contributed by atoms with van der Waals surface area (Å²) < 4.78 is 25.6. The third-order valence-electron chi connectivity index (χ3n) is 2.85. The lowest BCUT2D eigenvalue weighted by molar-refractivity contribution is -0.121. The van der Waals surface area contributed by atoms with Gasteiger partial charge in [0.05, 0.1) is 11.4 Å². The molecule has 0 aromatic heterocycles. The summed E-state index contributed by atoms with van der Waals surface area (Å²) in [6, 6.07) is 6.21. The highest BCUT2D eigenvalue weighted by Crippen LogP contribution is 2.17. The van der Waals surface area contributed by atoms with E-state index in [0.717, 1.165) is 9.87 Å². The lowest BCUT2D eigenvalue weighted by atomic mass is 10.1. The SMILES string of the molecule is CCNC(=O)CN(C)S(=O)(=O)c1ccc(C(C)N)cc1. The molecule has 1 aromatic carbocycles. The molecule has 1 rings (SSSR count). The summed E-state index contributed by atoms with van der Waals surface area (Å²) in [5.74, 6) is -0.328. The second-order valence-electron chi connectivity index (χ2n) is 4.57. The van der Waals surface area contributed by atoms with Gasteiger partial charge in [0.15, 0.2) is 0 Å². The number of hydrogen-bond donors (Lipinski definition) is 2. The Morgan fingerprint density at radius 1 is 1.35 bits per heavy atom. The molecule has 1 unspecified atom stereocenters. The number of amides is 1. The molecule has 1 aromatic rings. The van der Waals surface area contributed by atoms with E-state index >= 15 is 0 Å². The van der Waals surface area contributed by atoms with E-state index in [0.29, 0.717) is 6.54 Å². The average Bonchev–Trinajstić information content (AvgIpc) is 2.38. The summed E-state index contributed by atoms with van der Waals surface area (Å²) in [7, 11) is -2.28. The number of hydrogen-bond acceptors (Lipinski definition) is 4. The van der Waals surface area contributed by atoms with Gasteiger partial charge >= 0.3 is 0 Å². The predicted octanol–water partition coefficient (Wildman–Crippen LogP) is 0.463. The van der Waals surface area contributed by atoms with E-state index in [1.807, 2.05) is 6.92 Å². The van der Waals surface area contributed by atoms with Crippen LogP contribution in [0.5, 0.6) is 0 Å². The maximum atomic E-state index is 12.3. The van der Waals surface area contributed by atoms with Gasteiger partial charge < -0.3 is 11.1 Å². The van der Waals surface area contributed by atoms with Crippen LogP contribution in [0.1, 0.15) is 25.5 Å². The monoisotopic (exact) mass is 299 g/mol. The molecular weight excluding hydrogens is 278 g/mol. The molecule has 0 spiro atoms. The smallest absolute Gasteiger partial charge is 0.243 e. The van der Waals surface area contributed by atoms with Crippen molar-refractivity contribution in [1.29, 1.82) is 0 Å². The molecule has 0 aliphatic rings. The molecule has 0 radical (unpaired) electrons. The summed E-state index contributed by atoms with van der Waals surface area (Å²) in [4.78, 5) is 11.6. The topological polar surface area (TPSA) is 92.5 Å². The summed E-state index contributed by atoms with van der Waals surface area (Å²) >= 11 is 0. The third-order valence-corrected chi connectivity index (χ3v) is 4.67. The highest BCUT2D eigenvalue weighted by Gasteiger charge is 2.22.